The molecular formula is C23H20N6O2S. The first-order valence-corrected chi connectivity index (χ1v) is 11.7. The van der Waals surface area contributed by atoms with Crippen LogP contribution in [-0.2, 0) is 16.4 Å². The third-order valence-corrected chi connectivity index (χ3v) is 7.05. The molecule has 0 fully saturated rings. The molecule has 0 saturated carbocycles. The Hall–Kier alpha value is -3.85. The minimum absolute atomic E-state index is 0.0657. The van der Waals surface area contributed by atoms with Crippen molar-refractivity contribution in [3.63, 3.8) is 0 Å². The van der Waals surface area contributed by atoms with Gasteiger partial charge in [0.15, 0.2) is 9.84 Å². The van der Waals surface area contributed by atoms with Crippen molar-refractivity contribution in [1.29, 1.82) is 0 Å². The van der Waals surface area contributed by atoms with Crippen LogP contribution in [0.1, 0.15) is 5.56 Å². The first kappa shape index (κ1) is 20.1. The van der Waals surface area contributed by atoms with E-state index in [1.54, 1.807) is 36.9 Å². The number of fused-ring (bicyclic) bond motifs is 1. The van der Waals surface area contributed by atoms with Crippen molar-refractivity contribution in [2.45, 2.75) is 11.4 Å². The summed E-state index contributed by atoms with van der Waals surface area (Å²) in [6.07, 6.45) is 10.3. The molecule has 1 aromatic carbocycles. The van der Waals surface area contributed by atoms with Gasteiger partial charge < -0.3 is 9.80 Å². The molecular weight excluding hydrogens is 424 g/mol. The molecule has 0 spiro atoms. The quantitative estimate of drug-likeness (QED) is 0.462. The van der Waals surface area contributed by atoms with Crippen LogP contribution in [0.15, 0.2) is 90.7 Å². The highest BCUT2D eigenvalue weighted by atomic mass is 32.2. The standard InChI is InChI=1S/C23H20N6O2S/c30-32(31)11-10-28(21-5-1-2-6-22(21)32)23-8-7-18(12-27-23)16-29(19-4-3-9-24-13-19)20-14-25-17-26-15-20/h1-9,12-15,17H,10-11,16H2. The van der Waals surface area contributed by atoms with Crippen LogP contribution in [0.25, 0.3) is 0 Å². The summed E-state index contributed by atoms with van der Waals surface area (Å²) in [5.74, 6) is 0.781. The van der Waals surface area contributed by atoms with E-state index in [1.807, 2.05) is 47.5 Å². The van der Waals surface area contributed by atoms with Crippen LogP contribution >= 0.6 is 0 Å². The zero-order chi connectivity index (χ0) is 22.0. The van der Waals surface area contributed by atoms with Crippen LogP contribution in [0.4, 0.5) is 22.9 Å². The number of aromatic nitrogens is 4. The molecule has 0 saturated heterocycles. The van der Waals surface area contributed by atoms with Crippen molar-refractivity contribution < 1.29 is 8.42 Å². The highest BCUT2D eigenvalue weighted by Gasteiger charge is 2.29. The van der Waals surface area contributed by atoms with Gasteiger partial charge in [-0.1, -0.05) is 18.2 Å². The van der Waals surface area contributed by atoms with Crippen LogP contribution in [0.5, 0.6) is 0 Å². The summed E-state index contributed by atoms with van der Waals surface area (Å²) in [4.78, 5) is 21.5. The second kappa shape index (κ2) is 8.35. The maximum absolute atomic E-state index is 12.4. The van der Waals surface area contributed by atoms with E-state index in [4.69, 9.17) is 0 Å². The molecule has 4 heterocycles. The normalized spacial score (nSPS) is 14.6. The Morgan fingerprint density at radius 3 is 2.44 bits per heavy atom. The van der Waals surface area contributed by atoms with Gasteiger partial charge in [0, 0.05) is 25.5 Å². The van der Waals surface area contributed by atoms with Gasteiger partial charge in [-0.3, -0.25) is 4.98 Å². The van der Waals surface area contributed by atoms with Gasteiger partial charge in [-0.05, 0) is 35.9 Å². The lowest BCUT2D eigenvalue weighted by Crippen LogP contribution is -2.32. The highest BCUT2D eigenvalue weighted by Crippen LogP contribution is 2.35. The van der Waals surface area contributed by atoms with Gasteiger partial charge in [0.05, 0.1) is 46.3 Å². The average Bonchev–Trinajstić information content (AvgIpc) is 2.84. The maximum Gasteiger partial charge on any atom is 0.182 e. The molecule has 9 heteroatoms. The summed E-state index contributed by atoms with van der Waals surface area (Å²) in [6.45, 7) is 0.923. The van der Waals surface area contributed by atoms with Crippen molar-refractivity contribution in [2.24, 2.45) is 0 Å². The van der Waals surface area contributed by atoms with Crippen molar-refractivity contribution in [2.75, 3.05) is 22.1 Å². The van der Waals surface area contributed by atoms with E-state index in [0.717, 1.165) is 16.9 Å². The van der Waals surface area contributed by atoms with E-state index >= 15 is 0 Å². The second-order valence-corrected chi connectivity index (χ2v) is 9.43. The van der Waals surface area contributed by atoms with E-state index in [2.05, 4.69) is 24.8 Å². The lowest BCUT2D eigenvalue weighted by Gasteiger charge is -2.30. The zero-order valence-corrected chi connectivity index (χ0v) is 17.9. The summed E-state index contributed by atoms with van der Waals surface area (Å²) in [6, 6.07) is 14.8. The van der Waals surface area contributed by atoms with Crippen LogP contribution < -0.4 is 9.80 Å². The maximum atomic E-state index is 12.4. The predicted octanol–water partition coefficient (Wildman–Crippen LogP) is 3.53. The Morgan fingerprint density at radius 1 is 0.875 bits per heavy atom. The van der Waals surface area contributed by atoms with Gasteiger partial charge in [-0.25, -0.2) is 23.4 Å². The van der Waals surface area contributed by atoms with E-state index in [1.165, 1.54) is 6.33 Å². The number of rotatable bonds is 5. The molecule has 0 atom stereocenters. The van der Waals surface area contributed by atoms with E-state index in [0.29, 0.717) is 29.5 Å². The van der Waals surface area contributed by atoms with Gasteiger partial charge in [0.25, 0.3) is 0 Å². The fraction of sp³-hybridized carbons (Fsp3) is 0.130. The number of anilines is 4. The molecule has 3 aromatic heterocycles. The SMILES string of the molecule is O=S1(=O)CCN(c2ccc(CN(c3cccnc3)c3cncnc3)cn2)c2ccccc21. The molecule has 1 aliphatic rings. The monoisotopic (exact) mass is 444 g/mol. The van der Waals surface area contributed by atoms with Crippen LogP contribution in [0.2, 0.25) is 0 Å². The second-order valence-electron chi connectivity index (χ2n) is 7.36. The molecule has 4 aromatic rings. The molecule has 8 nitrogen and oxygen atoms in total. The van der Waals surface area contributed by atoms with Crippen LogP contribution in [-0.4, -0.2) is 40.7 Å². The number of sulfone groups is 1. The van der Waals surface area contributed by atoms with Gasteiger partial charge in [-0.15, -0.1) is 0 Å². The zero-order valence-electron chi connectivity index (χ0n) is 17.1. The van der Waals surface area contributed by atoms with Crippen LogP contribution in [0, 0.1) is 0 Å². The molecule has 0 bridgehead atoms. The van der Waals surface area contributed by atoms with E-state index in [-0.39, 0.29) is 5.75 Å². The Kier molecular flexibility index (Phi) is 5.24. The molecule has 0 amide bonds. The molecule has 160 valence electrons. The smallest absolute Gasteiger partial charge is 0.182 e. The first-order chi connectivity index (χ1) is 15.6. The molecule has 32 heavy (non-hydrogen) atoms. The summed E-state index contributed by atoms with van der Waals surface area (Å²) >= 11 is 0. The third-order valence-electron chi connectivity index (χ3n) is 5.32. The van der Waals surface area contributed by atoms with Crippen molar-refractivity contribution >= 4 is 32.7 Å². The Morgan fingerprint density at radius 2 is 1.69 bits per heavy atom. The molecule has 0 aliphatic carbocycles. The summed E-state index contributed by atoms with van der Waals surface area (Å²) in [5, 5.41) is 0. The van der Waals surface area contributed by atoms with Crippen molar-refractivity contribution in [3.05, 3.63) is 91.4 Å². The molecule has 5 rings (SSSR count). The van der Waals surface area contributed by atoms with Crippen molar-refractivity contribution in [3.8, 4) is 0 Å². The molecule has 0 N–H and O–H groups in total. The number of hydrogen-bond acceptors (Lipinski definition) is 8. The largest absolute Gasteiger partial charge is 0.333 e. The van der Waals surface area contributed by atoms with Crippen LogP contribution in [0.3, 0.4) is 0 Å². The Labute approximate surface area is 186 Å². The summed E-state index contributed by atoms with van der Waals surface area (Å²) < 4.78 is 24.9. The fourth-order valence-electron chi connectivity index (χ4n) is 3.75. The molecule has 0 unspecified atom stereocenters. The number of para-hydroxylation sites is 1. The average molecular weight is 445 g/mol. The van der Waals surface area contributed by atoms with Gasteiger partial charge in [-0.2, -0.15) is 0 Å². The lowest BCUT2D eigenvalue weighted by atomic mass is 10.2. The summed E-state index contributed by atoms with van der Waals surface area (Å²) in [5.41, 5.74) is 3.41. The number of nitrogens with zero attached hydrogens (tertiary/aromatic N) is 6. The number of pyridine rings is 2. The fourth-order valence-corrected chi connectivity index (χ4v) is 5.18. The van der Waals surface area contributed by atoms with Gasteiger partial charge >= 0.3 is 0 Å². The minimum atomic E-state index is -3.26. The summed E-state index contributed by atoms with van der Waals surface area (Å²) in [7, 11) is -3.26. The molecule has 1 aliphatic heterocycles. The highest BCUT2D eigenvalue weighted by molar-refractivity contribution is 7.91. The Balaban J connectivity index is 1.44. The predicted molar refractivity (Wildman–Crippen MR) is 122 cm³/mol. The Bertz CT molecular complexity index is 1280. The topological polar surface area (TPSA) is 92.2 Å². The molecule has 0 radical (unpaired) electrons. The minimum Gasteiger partial charge on any atom is -0.333 e. The van der Waals surface area contributed by atoms with Gasteiger partial charge in [0.2, 0.25) is 0 Å². The third kappa shape index (κ3) is 3.90. The van der Waals surface area contributed by atoms with E-state index < -0.39 is 9.84 Å². The first-order valence-electron chi connectivity index (χ1n) is 10.1. The van der Waals surface area contributed by atoms with E-state index in [9.17, 15) is 8.42 Å². The lowest BCUT2D eigenvalue weighted by molar-refractivity contribution is 0.592. The van der Waals surface area contributed by atoms with Crippen molar-refractivity contribution in [1.82, 2.24) is 19.9 Å². The number of hydrogen-bond donors (Lipinski definition) is 0. The van der Waals surface area contributed by atoms with Gasteiger partial charge in [0.1, 0.15) is 12.1 Å². The number of benzene rings is 1.